The fraction of sp³-hybridized carbons (Fsp3) is 0.0263. The van der Waals surface area contributed by atoms with E-state index in [9.17, 15) is 0 Å². The van der Waals surface area contributed by atoms with Crippen LogP contribution < -0.4 is 4.74 Å². The maximum absolute atomic E-state index is 6.18. The molecule has 0 spiro atoms. The highest BCUT2D eigenvalue weighted by molar-refractivity contribution is 5.81. The van der Waals surface area contributed by atoms with E-state index in [2.05, 4.69) is 67.4 Å². The van der Waals surface area contributed by atoms with Crippen molar-refractivity contribution in [3.05, 3.63) is 159 Å². The van der Waals surface area contributed by atoms with Crippen LogP contribution in [0.4, 0.5) is 0 Å². The van der Waals surface area contributed by atoms with Gasteiger partial charge in [-0.05, 0) is 106 Å². The predicted octanol–water partition coefficient (Wildman–Crippen LogP) is 8.58. The maximum atomic E-state index is 6.18. The zero-order valence-electron chi connectivity index (χ0n) is 23.8. The van der Waals surface area contributed by atoms with Crippen molar-refractivity contribution in [1.29, 1.82) is 0 Å². The topological polar surface area (TPSA) is 73.7 Å². The minimum atomic E-state index is 0.402. The van der Waals surface area contributed by atoms with Gasteiger partial charge in [-0.1, -0.05) is 18.2 Å². The molecule has 0 fully saturated rings. The number of benzene rings is 2. The molecule has 6 heteroatoms. The van der Waals surface area contributed by atoms with Crippen LogP contribution in [0.15, 0.2) is 153 Å². The van der Waals surface area contributed by atoms with E-state index in [1.54, 1.807) is 6.20 Å². The third-order valence-electron chi connectivity index (χ3n) is 7.41. The average molecular weight is 570 g/mol. The zero-order valence-corrected chi connectivity index (χ0v) is 23.8. The van der Waals surface area contributed by atoms with Crippen molar-refractivity contribution in [2.24, 2.45) is 0 Å². The van der Waals surface area contributed by atoms with Crippen LogP contribution in [0.1, 0.15) is 5.56 Å². The lowest BCUT2D eigenvalue weighted by Gasteiger charge is -2.12. The molecule has 7 rings (SSSR count). The lowest BCUT2D eigenvalue weighted by atomic mass is 9.94. The summed E-state index contributed by atoms with van der Waals surface area (Å²) in [5, 5.41) is 0. The van der Waals surface area contributed by atoms with E-state index in [0.29, 0.717) is 6.61 Å². The van der Waals surface area contributed by atoms with Gasteiger partial charge in [0.2, 0.25) is 0 Å². The number of nitrogens with zero attached hydrogens (tertiary/aromatic N) is 5. The summed E-state index contributed by atoms with van der Waals surface area (Å²) in [5.41, 5.74) is 11.7. The first-order valence-electron chi connectivity index (χ1n) is 14.3. The lowest BCUT2D eigenvalue weighted by molar-refractivity contribution is 0.306. The molecular weight excluding hydrogens is 542 g/mol. The molecule has 5 aromatic heterocycles. The van der Waals surface area contributed by atoms with Crippen LogP contribution in [0, 0.1) is 0 Å². The Morgan fingerprint density at radius 3 is 1.45 bits per heavy atom. The summed E-state index contributed by atoms with van der Waals surface area (Å²) >= 11 is 0. The van der Waals surface area contributed by atoms with Crippen molar-refractivity contribution >= 4 is 0 Å². The largest absolute Gasteiger partial charge is 0.489 e. The van der Waals surface area contributed by atoms with Gasteiger partial charge in [0.1, 0.15) is 12.4 Å². The summed E-state index contributed by atoms with van der Waals surface area (Å²) in [6.45, 7) is 0.402. The van der Waals surface area contributed by atoms with Crippen LogP contribution in [0.5, 0.6) is 5.75 Å². The van der Waals surface area contributed by atoms with Crippen molar-refractivity contribution < 1.29 is 4.74 Å². The van der Waals surface area contributed by atoms with Gasteiger partial charge < -0.3 is 4.74 Å². The molecule has 0 aliphatic carbocycles. The van der Waals surface area contributed by atoms with E-state index in [-0.39, 0.29) is 0 Å². The van der Waals surface area contributed by atoms with Gasteiger partial charge in [-0.3, -0.25) is 24.9 Å². The highest BCUT2D eigenvalue weighted by Gasteiger charge is 2.09. The summed E-state index contributed by atoms with van der Waals surface area (Å²) in [7, 11) is 0. The van der Waals surface area contributed by atoms with Crippen LogP contribution in [-0.4, -0.2) is 24.9 Å². The smallest absolute Gasteiger partial charge is 0.119 e. The normalized spacial score (nSPS) is 10.8. The Hall–Kier alpha value is -6.01. The Labute approximate surface area is 255 Å². The second-order valence-corrected chi connectivity index (χ2v) is 10.4. The number of hydrogen-bond acceptors (Lipinski definition) is 6. The monoisotopic (exact) mass is 569 g/mol. The third kappa shape index (κ3) is 6.10. The molecule has 0 bridgehead atoms. The third-order valence-corrected chi connectivity index (χ3v) is 7.41. The zero-order chi connectivity index (χ0) is 29.6. The van der Waals surface area contributed by atoms with E-state index in [1.807, 2.05) is 104 Å². The Bertz CT molecular complexity index is 1940. The van der Waals surface area contributed by atoms with Crippen molar-refractivity contribution in [1.82, 2.24) is 24.9 Å². The first-order chi connectivity index (χ1) is 21.8. The van der Waals surface area contributed by atoms with Crippen molar-refractivity contribution in [2.75, 3.05) is 0 Å². The van der Waals surface area contributed by atoms with Crippen molar-refractivity contribution in [3.63, 3.8) is 0 Å². The second kappa shape index (κ2) is 12.5. The number of ether oxygens (including phenoxy) is 1. The Morgan fingerprint density at radius 2 is 0.864 bits per heavy atom. The molecular formula is C38H27N5O. The minimum Gasteiger partial charge on any atom is -0.489 e. The summed E-state index contributed by atoms with van der Waals surface area (Å²) in [4.78, 5) is 21.5. The molecule has 0 saturated heterocycles. The van der Waals surface area contributed by atoms with Crippen LogP contribution in [0.3, 0.4) is 0 Å². The van der Waals surface area contributed by atoms with Gasteiger partial charge in [-0.15, -0.1) is 0 Å². The highest BCUT2D eigenvalue weighted by Crippen LogP contribution is 2.33. The molecule has 7 aromatic rings. The SMILES string of the molecule is c1cncc(-c2cncc(-c3cncc(COc4ccc(-c5cc(-c6ccncc6)cc(-c6ccncc6)c5)cc4)c3)c2)c1. The summed E-state index contributed by atoms with van der Waals surface area (Å²) in [5.74, 6) is 0.791. The molecule has 5 heterocycles. The van der Waals surface area contributed by atoms with Gasteiger partial charge in [0.15, 0.2) is 0 Å². The van der Waals surface area contributed by atoms with Crippen molar-refractivity contribution in [2.45, 2.75) is 6.61 Å². The Kier molecular flexibility index (Phi) is 7.61. The number of pyridine rings is 5. The van der Waals surface area contributed by atoms with E-state index >= 15 is 0 Å². The van der Waals surface area contributed by atoms with E-state index in [1.165, 1.54) is 0 Å². The van der Waals surface area contributed by atoms with Crippen molar-refractivity contribution in [3.8, 4) is 61.4 Å². The molecule has 6 nitrogen and oxygen atoms in total. The van der Waals surface area contributed by atoms with Gasteiger partial charge in [0.25, 0.3) is 0 Å². The van der Waals surface area contributed by atoms with Gasteiger partial charge >= 0.3 is 0 Å². The maximum Gasteiger partial charge on any atom is 0.119 e. The standard InChI is InChI=1S/C38H27N5O/c1-2-31(22-41-11-1)36-20-37(25-43-24-36)35-16-27(21-42-23-35)26-44-38-5-3-28(4-6-38)32-17-33(29-7-12-39-13-8-29)19-34(18-32)30-9-14-40-15-10-30/h1-25H,26H2. The minimum absolute atomic E-state index is 0.402. The first-order valence-corrected chi connectivity index (χ1v) is 14.3. The predicted molar refractivity (Wildman–Crippen MR) is 173 cm³/mol. The van der Waals surface area contributed by atoms with Crippen LogP contribution in [0.25, 0.3) is 55.6 Å². The molecule has 2 aromatic carbocycles. The quantitative estimate of drug-likeness (QED) is 0.183. The Morgan fingerprint density at radius 1 is 0.364 bits per heavy atom. The van der Waals surface area contributed by atoms with Gasteiger partial charge in [-0.25, -0.2) is 0 Å². The number of hydrogen-bond donors (Lipinski definition) is 0. The fourth-order valence-electron chi connectivity index (χ4n) is 5.14. The summed E-state index contributed by atoms with van der Waals surface area (Å²) in [6.07, 6.45) is 18.3. The number of aromatic nitrogens is 5. The molecule has 44 heavy (non-hydrogen) atoms. The van der Waals surface area contributed by atoms with Gasteiger partial charge in [0, 0.05) is 89.8 Å². The Balaban J connectivity index is 1.10. The van der Waals surface area contributed by atoms with Crippen LogP contribution in [-0.2, 0) is 6.61 Å². The molecule has 0 aliphatic heterocycles. The van der Waals surface area contributed by atoms with E-state index < -0.39 is 0 Å². The van der Waals surface area contributed by atoms with E-state index in [0.717, 1.165) is 66.9 Å². The highest BCUT2D eigenvalue weighted by atomic mass is 16.5. The molecule has 0 atom stereocenters. The number of rotatable bonds is 8. The molecule has 0 unspecified atom stereocenters. The van der Waals surface area contributed by atoms with Gasteiger partial charge in [-0.2, -0.15) is 0 Å². The molecule has 210 valence electrons. The van der Waals surface area contributed by atoms with Gasteiger partial charge in [0.05, 0.1) is 0 Å². The average Bonchev–Trinajstić information content (AvgIpc) is 3.12. The fourth-order valence-corrected chi connectivity index (χ4v) is 5.14. The van der Waals surface area contributed by atoms with Crippen LogP contribution in [0.2, 0.25) is 0 Å². The second-order valence-electron chi connectivity index (χ2n) is 10.4. The summed E-state index contributed by atoms with van der Waals surface area (Å²) in [6, 6.07) is 31.1. The van der Waals surface area contributed by atoms with E-state index in [4.69, 9.17) is 4.74 Å². The molecule has 0 amide bonds. The first kappa shape index (κ1) is 26.9. The van der Waals surface area contributed by atoms with Crippen LogP contribution >= 0.6 is 0 Å². The lowest BCUT2D eigenvalue weighted by Crippen LogP contribution is -1.97. The summed E-state index contributed by atoms with van der Waals surface area (Å²) < 4.78 is 6.18. The molecule has 0 N–H and O–H groups in total. The molecule has 0 aliphatic rings. The molecule has 0 saturated carbocycles. The molecule has 0 radical (unpaired) electrons.